The largest absolute Gasteiger partial charge is 0.399 e. The van der Waals surface area contributed by atoms with Crippen molar-refractivity contribution >= 4 is 33.0 Å². The van der Waals surface area contributed by atoms with Crippen LogP contribution < -0.4 is 11.1 Å². The van der Waals surface area contributed by atoms with Crippen LogP contribution >= 0.6 is 11.3 Å². The van der Waals surface area contributed by atoms with Gasteiger partial charge in [-0.1, -0.05) is 30.3 Å². The van der Waals surface area contributed by atoms with Crippen molar-refractivity contribution in [3.8, 4) is 0 Å². The van der Waals surface area contributed by atoms with E-state index in [1.54, 1.807) is 11.3 Å². The maximum atomic E-state index is 12.4. The highest BCUT2D eigenvalue weighted by molar-refractivity contribution is 7.17. The average Bonchev–Trinajstić information content (AvgIpc) is 2.92. The highest BCUT2D eigenvalue weighted by Crippen LogP contribution is 2.25. The molecular weight excluding hydrogens is 280 g/mol. The molecule has 0 atom stereocenters. The van der Waals surface area contributed by atoms with Gasteiger partial charge in [0.25, 0.3) is 5.91 Å². The number of benzene rings is 2. The first-order valence-corrected chi connectivity index (χ1v) is 7.63. The second-order valence-electron chi connectivity index (χ2n) is 4.96. The summed E-state index contributed by atoms with van der Waals surface area (Å²) in [5, 5.41) is 5.89. The van der Waals surface area contributed by atoms with Gasteiger partial charge in [0.15, 0.2) is 0 Å². The molecule has 0 fully saturated rings. The van der Waals surface area contributed by atoms with Crippen LogP contribution in [0.25, 0.3) is 10.1 Å². The van der Waals surface area contributed by atoms with Crippen LogP contribution in [0.2, 0.25) is 0 Å². The van der Waals surface area contributed by atoms with Crippen molar-refractivity contribution in [2.45, 2.75) is 13.5 Å². The molecule has 3 rings (SSSR count). The maximum Gasteiger partial charge on any atom is 0.253 e. The number of anilines is 1. The highest BCUT2D eigenvalue weighted by atomic mass is 32.1. The summed E-state index contributed by atoms with van der Waals surface area (Å²) < 4.78 is 1.13. The summed E-state index contributed by atoms with van der Waals surface area (Å²) in [7, 11) is 0. The summed E-state index contributed by atoms with van der Waals surface area (Å²) in [6.45, 7) is 2.46. The van der Waals surface area contributed by atoms with E-state index in [0.29, 0.717) is 6.54 Å². The molecule has 0 unspecified atom stereocenters. The van der Waals surface area contributed by atoms with Crippen LogP contribution in [0, 0.1) is 6.92 Å². The van der Waals surface area contributed by atoms with Crippen molar-refractivity contribution in [1.82, 2.24) is 5.32 Å². The quantitative estimate of drug-likeness (QED) is 0.724. The number of amides is 1. The molecular formula is C17H16N2OS. The van der Waals surface area contributed by atoms with Gasteiger partial charge in [0, 0.05) is 27.7 Å². The van der Waals surface area contributed by atoms with Crippen LogP contribution in [0.4, 0.5) is 5.69 Å². The van der Waals surface area contributed by atoms with E-state index in [1.165, 1.54) is 0 Å². The molecule has 3 nitrogen and oxygen atoms in total. The Morgan fingerprint density at radius 3 is 2.86 bits per heavy atom. The first-order valence-electron chi connectivity index (χ1n) is 6.75. The predicted molar refractivity (Wildman–Crippen MR) is 88.6 cm³/mol. The van der Waals surface area contributed by atoms with Gasteiger partial charge in [0.1, 0.15) is 0 Å². The Morgan fingerprint density at radius 1 is 1.19 bits per heavy atom. The van der Waals surface area contributed by atoms with Gasteiger partial charge in [-0.25, -0.2) is 0 Å². The molecule has 3 N–H and O–H groups in total. The smallest absolute Gasteiger partial charge is 0.253 e. The van der Waals surface area contributed by atoms with Gasteiger partial charge in [-0.15, -0.1) is 11.3 Å². The molecule has 0 saturated carbocycles. The zero-order valence-electron chi connectivity index (χ0n) is 11.7. The van der Waals surface area contributed by atoms with Crippen LogP contribution in [-0.2, 0) is 6.54 Å². The van der Waals surface area contributed by atoms with Crippen molar-refractivity contribution in [3.05, 3.63) is 64.5 Å². The zero-order chi connectivity index (χ0) is 14.8. The van der Waals surface area contributed by atoms with E-state index in [9.17, 15) is 4.79 Å². The summed E-state index contributed by atoms with van der Waals surface area (Å²) >= 11 is 1.59. The average molecular weight is 296 g/mol. The lowest BCUT2D eigenvalue weighted by Gasteiger charge is -2.09. The molecule has 0 aliphatic carbocycles. The van der Waals surface area contributed by atoms with Gasteiger partial charge in [-0.2, -0.15) is 0 Å². The molecule has 106 valence electrons. The van der Waals surface area contributed by atoms with E-state index in [4.69, 9.17) is 5.73 Å². The van der Waals surface area contributed by atoms with Gasteiger partial charge in [-0.3, -0.25) is 4.79 Å². The summed E-state index contributed by atoms with van der Waals surface area (Å²) in [4.78, 5) is 12.4. The molecule has 0 bridgehead atoms. The third-order valence-electron chi connectivity index (χ3n) is 3.65. The zero-order valence-corrected chi connectivity index (χ0v) is 12.5. The molecule has 21 heavy (non-hydrogen) atoms. The molecule has 0 radical (unpaired) electrons. The predicted octanol–water partition coefficient (Wildman–Crippen LogP) is 3.72. The minimum absolute atomic E-state index is 0.0470. The second kappa shape index (κ2) is 5.58. The number of rotatable bonds is 3. The molecule has 1 heterocycles. The Kier molecular flexibility index (Phi) is 3.62. The number of thiophene rings is 1. The fourth-order valence-corrected chi connectivity index (χ4v) is 3.26. The summed E-state index contributed by atoms with van der Waals surface area (Å²) in [5.41, 5.74) is 9.44. The van der Waals surface area contributed by atoms with E-state index in [-0.39, 0.29) is 5.91 Å². The summed E-state index contributed by atoms with van der Waals surface area (Å²) in [6, 6.07) is 13.7. The Balaban J connectivity index is 1.79. The fraction of sp³-hybridized carbons (Fsp3) is 0.118. The Bertz CT molecular complexity index is 807. The topological polar surface area (TPSA) is 55.1 Å². The van der Waals surface area contributed by atoms with E-state index < -0.39 is 0 Å². The summed E-state index contributed by atoms with van der Waals surface area (Å²) in [5.74, 6) is -0.0470. The molecule has 1 amide bonds. The van der Waals surface area contributed by atoms with Crippen molar-refractivity contribution < 1.29 is 4.79 Å². The van der Waals surface area contributed by atoms with Crippen molar-refractivity contribution in [2.75, 3.05) is 5.73 Å². The molecule has 1 aromatic heterocycles. The van der Waals surface area contributed by atoms with Crippen LogP contribution in [0.3, 0.4) is 0 Å². The highest BCUT2D eigenvalue weighted by Gasteiger charge is 2.12. The van der Waals surface area contributed by atoms with Crippen LogP contribution in [0.1, 0.15) is 21.5 Å². The molecule has 0 saturated heterocycles. The lowest BCUT2D eigenvalue weighted by atomic mass is 10.1. The van der Waals surface area contributed by atoms with Gasteiger partial charge < -0.3 is 11.1 Å². The molecule has 3 aromatic rings. The fourth-order valence-electron chi connectivity index (χ4n) is 2.32. The maximum absolute atomic E-state index is 12.4. The van der Waals surface area contributed by atoms with E-state index >= 15 is 0 Å². The van der Waals surface area contributed by atoms with Gasteiger partial charge >= 0.3 is 0 Å². The normalized spacial score (nSPS) is 10.7. The molecule has 0 aliphatic rings. The van der Waals surface area contributed by atoms with Crippen LogP contribution in [0.15, 0.2) is 47.8 Å². The first kappa shape index (κ1) is 13.6. The molecule has 0 spiro atoms. The van der Waals surface area contributed by atoms with Crippen LogP contribution in [-0.4, -0.2) is 5.91 Å². The van der Waals surface area contributed by atoms with E-state index in [1.807, 2.05) is 54.8 Å². The SMILES string of the molecule is Cc1c(N)cccc1CNC(=O)c1csc2ccccc12. The third kappa shape index (κ3) is 2.62. The minimum Gasteiger partial charge on any atom is -0.399 e. The molecule has 0 aliphatic heterocycles. The number of hydrogen-bond donors (Lipinski definition) is 2. The van der Waals surface area contributed by atoms with Gasteiger partial charge in [-0.05, 0) is 30.2 Å². The monoisotopic (exact) mass is 296 g/mol. The number of nitrogens with two attached hydrogens (primary N) is 1. The summed E-state index contributed by atoms with van der Waals surface area (Å²) in [6.07, 6.45) is 0. The lowest BCUT2D eigenvalue weighted by molar-refractivity contribution is 0.0953. The number of carbonyl (C=O) groups excluding carboxylic acids is 1. The van der Waals surface area contributed by atoms with Crippen molar-refractivity contribution in [1.29, 1.82) is 0 Å². The number of fused-ring (bicyclic) bond motifs is 1. The molecule has 4 heteroatoms. The minimum atomic E-state index is -0.0470. The first-order chi connectivity index (χ1) is 10.2. The number of nitrogens with one attached hydrogen (secondary N) is 1. The number of nitrogen functional groups attached to an aromatic ring is 1. The van der Waals surface area contributed by atoms with E-state index in [2.05, 4.69) is 5.32 Å². The standard InChI is InChI=1S/C17H16N2OS/c1-11-12(5-4-7-15(11)18)9-19-17(20)14-10-21-16-8-3-2-6-13(14)16/h2-8,10H,9,18H2,1H3,(H,19,20). The Morgan fingerprint density at radius 2 is 2.00 bits per heavy atom. The van der Waals surface area contributed by atoms with Gasteiger partial charge in [0.2, 0.25) is 0 Å². The van der Waals surface area contributed by atoms with Crippen molar-refractivity contribution in [2.24, 2.45) is 0 Å². The van der Waals surface area contributed by atoms with Gasteiger partial charge in [0.05, 0.1) is 5.56 Å². The molecule has 2 aromatic carbocycles. The van der Waals surface area contributed by atoms with Crippen molar-refractivity contribution in [3.63, 3.8) is 0 Å². The van der Waals surface area contributed by atoms with Crippen LogP contribution in [0.5, 0.6) is 0 Å². The third-order valence-corrected chi connectivity index (χ3v) is 4.62. The number of carbonyl (C=O) groups is 1. The number of hydrogen-bond acceptors (Lipinski definition) is 3. The lowest BCUT2D eigenvalue weighted by Crippen LogP contribution is -2.23. The Labute approximate surface area is 127 Å². The van der Waals surface area contributed by atoms with E-state index in [0.717, 1.165) is 32.5 Å². The second-order valence-corrected chi connectivity index (χ2v) is 5.87. The Hall–Kier alpha value is -2.33.